The standard InChI is InChI=1S/C13H12O2/c1-14-12-7-4-11(5-8-12)6-9-13-3-2-10-15-13/h2-10H,1H3. The van der Waals surface area contributed by atoms with E-state index in [1.54, 1.807) is 13.4 Å². The van der Waals surface area contributed by atoms with E-state index in [0.29, 0.717) is 0 Å². The first-order valence-corrected chi connectivity index (χ1v) is 4.74. The molecule has 0 spiro atoms. The Kier molecular flexibility index (Phi) is 2.88. The van der Waals surface area contributed by atoms with E-state index in [-0.39, 0.29) is 0 Å². The van der Waals surface area contributed by atoms with Gasteiger partial charge in [0.25, 0.3) is 0 Å². The first-order valence-electron chi connectivity index (χ1n) is 4.74. The van der Waals surface area contributed by atoms with E-state index in [9.17, 15) is 0 Å². The summed E-state index contributed by atoms with van der Waals surface area (Å²) in [5, 5.41) is 0. The van der Waals surface area contributed by atoms with Crippen LogP contribution in [0.15, 0.2) is 47.1 Å². The number of methoxy groups -OCH3 is 1. The van der Waals surface area contributed by atoms with Crippen molar-refractivity contribution in [3.63, 3.8) is 0 Å². The number of benzene rings is 1. The predicted octanol–water partition coefficient (Wildman–Crippen LogP) is 3.46. The summed E-state index contributed by atoms with van der Waals surface area (Å²) in [5.41, 5.74) is 1.12. The van der Waals surface area contributed by atoms with Crippen LogP contribution in [-0.4, -0.2) is 7.11 Å². The molecule has 2 rings (SSSR count). The molecule has 2 aromatic rings. The van der Waals surface area contributed by atoms with Crippen molar-refractivity contribution in [3.05, 3.63) is 54.0 Å². The smallest absolute Gasteiger partial charge is 0.126 e. The molecule has 0 aliphatic heterocycles. The molecule has 0 fully saturated rings. The van der Waals surface area contributed by atoms with Gasteiger partial charge in [-0.05, 0) is 35.9 Å². The van der Waals surface area contributed by atoms with E-state index in [1.165, 1.54) is 0 Å². The number of rotatable bonds is 3. The lowest BCUT2D eigenvalue weighted by Gasteiger charge is -1.98. The van der Waals surface area contributed by atoms with Crippen molar-refractivity contribution in [2.24, 2.45) is 0 Å². The lowest BCUT2D eigenvalue weighted by molar-refractivity contribution is 0.415. The molecule has 1 aromatic carbocycles. The minimum Gasteiger partial charge on any atom is -0.497 e. The summed E-state index contributed by atoms with van der Waals surface area (Å²) >= 11 is 0. The Morgan fingerprint density at radius 2 is 1.87 bits per heavy atom. The molecule has 0 aliphatic rings. The molecule has 76 valence electrons. The van der Waals surface area contributed by atoms with Crippen LogP contribution in [0, 0.1) is 0 Å². The van der Waals surface area contributed by atoms with Crippen LogP contribution in [0.1, 0.15) is 11.3 Å². The van der Waals surface area contributed by atoms with Gasteiger partial charge in [0.15, 0.2) is 0 Å². The monoisotopic (exact) mass is 200 g/mol. The third kappa shape index (κ3) is 2.50. The van der Waals surface area contributed by atoms with Gasteiger partial charge in [-0.2, -0.15) is 0 Å². The van der Waals surface area contributed by atoms with Gasteiger partial charge in [-0.1, -0.05) is 18.2 Å². The van der Waals surface area contributed by atoms with Crippen molar-refractivity contribution in [1.29, 1.82) is 0 Å². The van der Waals surface area contributed by atoms with Gasteiger partial charge < -0.3 is 9.15 Å². The molecule has 1 heterocycles. The average Bonchev–Trinajstić information content (AvgIpc) is 2.80. The van der Waals surface area contributed by atoms with E-state index < -0.39 is 0 Å². The number of hydrogen-bond acceptors (Lipinski definition) is 2. The Balaban J connectivity index is 2.11. The van der Waals surface area contributed by atoms with Gasteiger partial charge in [0, 0.05) is 0 Å². The molecular formula is C13H12O2. The maximum Gasteiger partial charge on any atom is 0.126 e. The van der Waals surface area contributed by atoms with Crippen LogP contribution in [-0.2, 0) is 0 Å². The lowest BCUT2D eigenvalue weighted by atomic mass is 10.2. The number of furan rings is 1. The molecule has 0 unspecified atom stereocenters. The molecule has 0 saturated carbocycles. The SMILES string of the molecule is COc1ccc(C=Cc2ccco2)cc1. The Morgan fingerprint density at radius 3 is 2.47 bits per heavy atom. The second kappa shape index (κ2) is 4.51. The summed E-state index contributed by atoms with van der Waals surface area (Å²) in [6, 6.07) is 11.6. The Morgan fingerprint density at radius 1 is 1.07 bits per heavy atom. The zero-order valence-electron chi connectivity index (χ0n) is 8.51. The molecule has 0 N–H and O–H groups in total. The van der Waals surface area contributed by atoms with Gasteiger partial charge in [-0.25, -0.2) is 0 Å². The molecule has 0 aliphatic carbocycles. The molecular weight excluding hydrogens is 188 g/mol. The zero-order valence-corrected chi connectivity index (χ0v) is 8.51. The van der Waals surface area contributed by atoms with Crippen LogP contribution in [0.2, 0.25) is 0 Å². The summed E-state index contributed by atoms with van der Waals surface area (Å²) in [6.07, 6.45) is 5.59. The summed E-state index contributed by atoms with van der Waals surface area (Å²) in [4.78, 5) is 0. The summed E-state index contributed by atoms with van der Waals surface area (Å²) < 4.78 is 10.3. The van der Waals surface area contributed by atoms with Gasteiger partial charge in [0.2, 0.25) is 0 Å². The van der Waals surface area contributed by atoms with Crippen molar-refractivity contribution in [2.45, 2.75) is 0 Å². The second-order valence-corrected chi connectivity index (χ2v) is 3.12. The Hall–Kier alpha value is -1.96. The molecule has 0 amide bonds. The Bertz CT molecular complexity index is 424. The molecule has 1 aromatic heterocycles. The van der Waals surface area contributed by atoms with Gasteiger partial charge >= 0.3 is 0 Å². The minimum absolute atomic E-state index is 0.853. The zero-order chi connectivity index (χ0) is 10.5. The Labute approximate surface area is 88.8 Å². The molecule has 0 radical (unpaired) electrons. The highest BCUT2D eigenvalue weighted by Crippen LogP contribution is 2.13. The van der Waals surface area contributed by atoms with E-state index in [1.807, 2.05) is 48.6 Å². The van der Waals surface area contributed by atoms with Gasteiger partial charge in [0.05, 0.1) is 13.4 Å². The quantitative estimate of drug-likeness (QED) is 0.757. The molecule has 2 nitrogen and oxygen atoms in total. The van der Waals surface area contributed by atoms with Crippen LogP contribution >= 0.6 is 0 Å². The van der Waals surface area contributed by atoms with Crippen molar-refractivity contribution < 1.29 is 9.15 Å². The first-order chi connectivity index (χ1) is 7.38. The van der Waals surface area contributed by atoms with Crippen LogP contribution in [0.5, 0.6) is 5.75 Å². The highest BCUT2D eigenvalue weighted by Gasteiger charge is 1.91. The average molecular weight is 200 g/mol. The highest BCUT2D eigenvalue weighted by molar-refractivity contribution is 5.67. The number of hydrogen-bond donors (Lipinski definition) is 0. The maximum atomic E-state index is 5.19. The van der Waals surface area contributed by atoms with Crippen molar-refractivity contribution in [2.75, 3.05) is 7.11 Å². The fourth-order valence-corrected chi connectivity index (χ4v) is 1.28. The summed E-state index contributed by atoms with van der Waals surface area (Å²) in [5.74, 6) is 1.72. The van der Waals surface area contributed by atoms with Gasteiger partial charge in [-0.3, -0.25) is 0 Å². The summed E-state index contributed by atoms with van der Waals surface area (Å²) in [7, 11) is 1.66. The minimum atomic E-state index is 0.853. The van der Waals surface area contributed by atoms with Crippen LogP contribution < -0.4 is 4.74 Å². The highest BCUT2D eigenvalue weighted by atomic mass is 16.5. The number of ether oxygens (including phenoxy) is 1. The third-order valence-electron chi connectivity index (χ3n) is 2.10. The molecule has 0 bridgehead atoms. The molecule has 0 atom stereocenters. The van der Waals surface area contributed by atoms with E-state index in [2.05, 4.69) is 0 Å². The van der Waals surface area contributed by atoms with Crippen LogP contribution in [0.4, 0.5) is 0 Å². The second-order valence-electron chi connectivity index (χ2n) is 3.12. The van der Waals surface area contributed by atoms with Crippen LogP contribution in [0.3, 0.4) is 0 Å². The van der Waals surface area contributed by atoms with Gasteiger partial charge in [-0.15, -0.1) is 0 Å². The molecule has 15 heavy (non-hydrogen) atoms. The summed E-state index contributed by atoms with van der Waals surface area (Å²) in [6.45, 7) is 0. The van der Waals surface area contributed by atoms with E-state index in [4.69, 9.17) is 9.15 Å². The first kappa shape index (κ1) is 9.59. The maximum absolute atomic E-state index is 5.19. The van der Waals surface area contributed by atoms with E-state index in [0.717, 1.165) is 17.1 Å². The van der Waals surface area contributed by atoms with Crippen molar-refractivity contribution in [1.82, 2.24) is 0 Å². The fourth-order valence-electron chi connectivity index (χ4n) is 1.28. The van der Waals surface area contributed by atoms with Crippen molar-refractivity contribution in [3.8, 4) is 5.75 Å². The lowest BCUT2D eigenvalue weighted by Crippen LogP contribution is -1.81. The van der Waals surface area contributed by atoms with E-state index >= 15 is 0 Å². The molecule has 0 saturated heterocycles. The topological polar surface area (TPSA) is 22.4 Å². The predicted molar refractivity (Wildman–Crippen MR) is 60.6 cm³/mol. The largest absolute Gasteiger partial charge is 0.497 e. The normalized spacial score (nSPS) is 10.7. The van der Waals surface area contributed by atoms with Crippen molar-refractivity contribution >= 4 is 12.2 Å². The third-order valence-corrected chi connectivity index (χ3v) is 2.10. The van der Waals surface area contributed by atoms with Crippen LogP contribution in [0.25, 0.3) is 12.2 Å². The molecule has 2 heteroatoms. The van der Waals surface area contributed by atoms with Gasteiger partial charge in [0.1, 0.15) is 11.5 Å². The fraction of sp³-hybridized carbons (Fsp3) is 0.0769.